The minimum Gasteiger partial charge on any atom is -0.272 e. The van der Waals surface area contributed by atoms with Crippen LogP contribution in [0.1, 0.15) is 27.4 Å². The van der Waals surface area contributed by atoms with Gasteiger partial charge in [0.05, 0.1) is 39.0 Å². The summed E-state index contributed by atoms with van der Waals surface area (Å²) in [4.78, 5) is 12.4. The minimum absolute atomic E-state index is 0.270. The first-order valence-electron chi connectivity index (χ1n) is 9.40. The molecule has 4 aromatic rings. The normalized spacial score (nSPS) is 11.2. The van der Waals surface area contributed by atoms with Crippen molar-refractivity contribution in [1.29, 1.82) is 0 Å². The van der Waals surface area contributed by atoms with Crippen LogP contribution in [0.4, 0.5) is 0 Å². The van der Waals surface area contributed by atoms with Gasteiger partial charge in [-0.15, -0.1) is 0 Å². The summed E-state index contributed by atoms with van der Waals surface area (Å²) in [6.07, 6.45) is 1.59. The lowest BCUT2D eigenvalue weighted by molar-refractivity contribution is 0.0950. The van der Waals surface area contributed by atoms with Crippen LogP contribution in [0.3, 0.4) is 0 Å². The zero-order valence-corrected chi connectivity index (χ0v) is 18.2. The Morgan fingerprint density at radius 3 is 2.61 bits per heavy atom. The molecule has 0 radical (unpaired) electrons. The number of amides is 1. The largest absolute Gasteiger partial charge is 0.289 e. The second kappa shape index (κ2) is 8.75. The molecule has 0 unspecified atom stereocenters. The van der Waals surface area contributed by atoms with Gasteiger partial charge >= 0.3 is 0 Å². The van der Waals surface area contributed by atoms with Gasteiger partial charge in [-0.1, -0.05) is 47.5 Å². The molecule has 1 amide bonds. The van der Waals surface area contributed by atoms with Crippen LogP contribution in [0, 0.1) is 13.8 Å². The van der Waals surface area contributed by atoms with E-state index in [0.29, 0.717) is 15.7 Å². The highest BCUT2D eigenvalue weighted by Gasteiger charge is 2.13. The summed E-state index contributed by atoms with van der Waals surface area (Å²) in [6, 6.07) is 16.6. The number of nitrogens with one attached hydrogen (secondary N) is 2. The molecule has 0 aliphatic rings. The summed E-state index contributed by atoms with van der Waals surface area (Å²) in [5.41, 5.74) is 7.62. The molecule has 0 fully saturated rings. The number of hydrogen-bond donors (Lipinski definition) is 2. The highest BCUT2D eigenvalue weighted by molar-refractivity contribution is 6.42. The number of H-pyrrole nitrogens is 1. The van der Waals surface area contributed by atoms with Gasteiger partial charge in [0, 0.05) is 11.1 Å². The van der Waals surface area contributed by atoms with E-state index in [-0.39, 0.29) is 5.69 Å². The van der Waals surface area contributed by atoms with E-state index in [9.17, 15) is 4.79 Å². The Morgan fingerprint density at radius 2 is 1.87 bits per heavy atom. The van der Waals surface area contributed by atoms with Gasteiger partial charge in [-0.05, 0) is 44.2 Å². The van der Waals surface area contributed by atoms with Crippen molar-refractivity contribution in [1.82, 2.24) is 25.4 Å². The first-order valence-corrected chi connectivity index (χ1v) is 10.2. The van der Waals surface area contributed by atoms with Crippen LogP contribution in [-0.2, 0) is 0 Å². The molecule has 0 saturated carbocycles. The van der Waals surface area contributed by atoms with Crippen LogP contribution < -0.4 is 5.43 Å². The summed E-state index contributed by atoms with van der Waals surface area (Å²) in [5.74, 6) is -0.416. The molecule has 4 rings (SSSR count). The molecule has 9 heteroatoms. The molecular formula is C22H18Cl2N6O. The van der Waals surface area contributed by atoms with Gasteiger partial charge in [0.15, 0.2) is 0 Å². The molecule has 0 aliphatic heterocycles. The number of hydrazone groups is 1. The number of para-hydroxylation sites is 1. The molecule has 2 heterocycles. The second-order valence-corrected chi connectivity index (χ2v) is 7.64. The number of hydrogen-bond acceptors (Lipinski definition) is 4. The van der Waals surface area contributed by atoms with Gasteiger partial charge in [-0.2, -0.15) is 15.3 Å². The Hall–Kier alpha value is -3.42. The van der Waals surface area contributed by atoms with E-state index in [0.717, 1.165) is 28.2 Å². The highest BCUT2D eigenvalue weighted by atomic mass is 35.5. The number of carbonyl (C=O) groups excluding carboxylic acids is 1. The zero-order chi connectivity index (χ0) is 22.0. The molecule has 156 valence electrons. The topological polar surface area (TPSA) is 88.0 Å². The Morgan fingerprint density at radius 1 is 1.10 bits per heavy atom. The molecule has 0 saturated heterocycles. The predicted octanol–water partition coefficient (Wildman–Crippen LogP) is 4.95. The van der Waals surface area contributed by atoms with Gasteiger partial charge < -0.3 is 0 Å². The molecule has 2 N–H and O–H groups in total. The molecule has 0 spiro atoms. The molecule has 7 nitrogen and oxygen atoms in total. The second-order valence-electron chi connectivity index (χ2n) is 6.83. The maximum absolute atomic E-state index is 12.4. The lowest BCUT2D eigenvalue weighted by atomic mass is 10.1. The number of rotatable bonds is 5. The predicted molar refractivity (Wildman–Crippen MR) is 122 cm³/mol. The summed E-state index contributed by atoms with van der Waals surface area (Å²) in [6.45, 7) is 3.85. The summed E-state index contributed by atoms with van der Waals surface area (Å²) >= 11 is 12.0. The van der Waals surface area contributed by atoms with Crippen LogP contribution in [0.2, 0.25) is 10.0 Å². The average molecular weight is 453 g/mol. The van der Waals surface area contributed by atoms with Crippen molar-refractivity contribution >= 4 is 35.3 Å². The van der Waals surface area contributed by atoms with Crippen molar-refractivity contribution in [3.05, 3.63) is 87.3 Å². The maximum Gasteiger partial charge on any atom is 0.289 e. The molecule has 0 atom stereocenters. The lowest BCUT2D eigenvalue weighted by Crippen LogP contribution is -2.18. The van der Waals surface area contributed by atoms with Gasteiger partial charge in [0.2, 0.25) is 0 Å². The quantitative estimate of drug-likeness (QED) is 0.331. The number of aryl methyl sites for hydroxylation is 1. The van der Waals surface area contributed by atoms with Gasteiger partial charge in [0.1, 0.15) is 5.69 Å². The monoisotopic (exact) mass is 452 g/mol. The van der Waals surface area contributed by atoms with Crippen molar-refractivity contribution in [3.8, 4) is 16.9 Å². The fourth-order valence-electron chi connectivity index (χ4n) is 3.12. The summed E-state index contributed by atoms with van der Waals surface area (Å²) in [7, 11) is 0. The van der Waals surface area contributed by atoms with E-state index in [1.165, 1.54) is 0 Å². The first kappa shape index (κ1) is 20.8. The Balaban J connectivity index is 1.48. The Bertz CT molecular complexity index is 1280. The van der Waals surface area contributed by atoms with Crippen LogP contribution in [0.15, 0.2) is 59.7 Å². The third kappa shape index (κ3) is 4.38. The van der Waals surface area contributed by atoms with E-state index < -0.39 is 5.91 Å². The minimum atomic E-state index is -0.416. The number of carbonyl (C=O) groups is 1. The number of aromatic amines is 1. The summed E-state index contributed by atoms with van der Waals surface area (Å²) < 4.78 is 1.84. The molecule has 31 heavy (non-hydrogen) atoms. The number of halogens is 2. The van der Waals surface area contributed by atoms with E-state index in [1.54, 1.807) is 30.5 Å². The van der Waals surface area contributed by atoms with Crippen molar-refractivity contribution in [2.24, 2.45) is 5.10 Å². The molecule has 2 aromatic heterocycles. The number of nitrogens with zero attached hydrogens (tertiary/aromatic N) is 4. The molecule has 0 aliphatic carbocycles. The van der Waals surface area contributed by atoms with Crippen LogP contribution in [-0.4, -0.2) is 32.1 Å². The van der Waals surface area contributed by atoms with Crippen molar-refractivity contribution in [2.45, 2.75) is 13.8 Å². The Kier molecular flexibility index (Phi) is 5.88. The lowest BCUT2D eigenvalue weighted by Gasteiger charge is -2.03. The number of aromatic nitrogens is 4. The van der Waals surface area contributed by atoms with E-state index in [2.05, 4.69) is 25.8 Å². The van der Waals surface area contributed by atoms with Crippen molar-refractivity contribution in [3.63, 3.8) is 0 Å². The molecule has 2 aromatic carbocycles. The first-order chi connectivity index (χ1) is 14.9. The maximum atomic E-state index is 12.4. The van der Waals surface area contributed by atoms with E-state index >= 15 is 0 Å². The fraction of sp³-hybridized carbons (Fsp3) is 0.0909. The molecular weight excluding hydrogens is 435 g/mol. The van der Waals surface area contributed by atoms with Gasteiger partial charge in [-0.3, -0.25) is 9.89 Å². The smallest absolute Gasteiger partial charge is 0.272 e. The summed E-state index contributed by atoms with van der Waals surface area (Å²) in [5, 5.41) is 16.4. The Labute approximate surface area is 188 Å². The van der Waals surface area contributed by atoms with Crippen molar-refractivity contribution in [2.75, 3.05) is 0 Å². The zero-order valence-electron chi connectivity index (χ0n) is 16.7. The van der Waals surface area contributed by atoms with Crippen LogP contribution >= 0.6 is 23.2 Å². The third-order valence-corrected chi connectivity index (χ3v) is 5.48. The van der Waals surface area contributed by atoms with Gasteiger partial charge in [0.25, 0.3) is 5.91 Å². The van der Waals surface area contributed by atoms with Crippen LogP contribution in [0.25, 0.3) is 16.9 Å². The third-order valence-electron chi connectivity index (χ3n) is 4.75. The van der Waals surface area contributed by atoms with Gasteiger partial charge in [-0.25, -0.2) is 10.1 Å². The van der Waals surface area contributed by atoms with Crippen molar-refractivity contribution < 1.29 is 4.79 Å². The standard InChI is InChI=1S/C22H18Cl2N6O/c1-13-17(14(2)30(29-13)16-6-4-3-5-7-16)12-25-28-22(31)21-11-20(26-27-21)15-8-9-18(23)19(24)10-15/h3-12H,1-2H3,(H,26,27)(H,28,31). The van der Waals surface area contributed by atoms with E-state index in [4.69, 9.17) is 23.2 Å². The van der Waals surface area contributed by atoms with Crippen LogP contribution in [0.5, 0.6) is 0 Å². The highest BCUT2D eigenvalue weighted by Crippen LogP contribution is 2.27. The fourth-order valence-corrected chi connectivity index (χ4v) is 3.42. The van der Waals surface area contributed by atoms with E-state index in [1.807, 2.05) is 48.9 Å². The molecule has 0 bridgehead atoms. The SMILES string of the molecule is Cc1nn(-c2ccccc2)c(C)c1C=NNC(=O)c1cc(-c2ccc(Cl)c(Cl)c2)n[nH]1. The average Bonchev–Trinajstić information content (AvgIpc) is 3.37. The number of benzene rings is 2.